The molecule has 7 nitrogen and oxygen atoms in total. The summed E-state index contributed by atoms with van der Waals surface area (Å²) >= 11 is 0. The molecule has 34 heavy (non-hydrogen) atoms. The highest BCUT2D eigenvalue weighted by Gasteiger charge is 2.30. The van der Waals surface area contributed by atoms with E-state index in [-0.39, 0.29) is 11.4 Å². The molecule has 2 aromatic heterocycles. The van der Waals surface area contributed by atoms with Crippen LogP contribution < -0.4 is 10.1 Å². The van der Waals surface area contributed by atoms with Crippen LogP contribution in [0.15, 0.2) is 30.3 Å². The summed E-state index contributed by atoms with van der Waals surface area (Å²) in [5.74, 6) is 0.943. The zero-order chi connectivity index (χ0) is 24.5. The maximum atomic E-state index is 13.6. The Bertz CT molecular complexity index is 1170. The summed E-state index contributed by atoms with van der Waals surface area (Å²) in [6, 6.07) is 9.58. The molecule has 182 valence electrons. The minimum absolute atomic E-state index is 0.161. The van der Waals surface area contributed by atoms with E-state index in [9.17, 15) is 4.79 Å². The number of ether oxygens (including phenoxy) is 1. The molecule has 1 N–H and O–H groups in total. The fourth-order valence-electron chi connectivity index (χ4n) is 4.25. The van der Waals surface area contributed by atoms with E-state index in [1.807, 2.05) is 41.9 Å². The first-order chi connectivity index (χ1) is 16.2. The molecule has 0 saturated heterocycles. The molecular weight excluding hydrogens is 426 g/mol. The molecule has 0 aliphatic heterocycles. The smallest absolute Gasteiger partial charge is 0.256 e. The Morgan fingerprint density at radius 2 is 1.91 bits per heavy atom. The number of amides is 1. The van der Waals surface area contributed by atoms with E-state index in [4.69, 9.17) is 14.8 Å². The molecule has 1 amide bonds. The zero-order valence-electron chi connectivity index (χ0n) is 21.3. The summed E-state index contributed by atoms with van der Waals surface area (Å²) in [6.07, 6.45) is 2.23. The van der Waals surface area contributed by atoms with Crippen LogP contribution in [-0.2, 0) is 5.54 Å². The predicted molar refractivity (Wildman–Crippen MR) is 137 cm³/mol. The number of anilines is 1. The molecule has 0 spiro atoms. The summed E-state index contributed by atoms with van der Waals surface area (Å²) in [7, 11) is 0. The van der Waals surface area contributed by atoms with E-state index in [1.54, 1.807) is 0 Å². The Morgan fingerprint density at radius 3 is 2.56 bits per heavy atom. The monoisotopic (exact) mass is 463 g/mol. The highest BCUT2D eigenvalue weighted by atomic mass is 16.5. The molecule has 0 unspecified atom stereocenters. The maximum Gasteiger partial charge on any atom is 0.256 e. The number of nitrogens with zero attached hydrogens (tertiary/aromatic N) is 4. The molecule has 1 fully saturated rings. The van der Waals surface area contributed by atoms with Crippen molar-refractivity contribution >= 4 is 22.6 Å². The number of hydrogen-bond donors (Lipinski definition) is 1. The summed E-state index contributed by atoms with van der Waals surface area (Å²) in [6.45, 7) is 15.9. The number of aryl methyl sites for hydroxylation is 1. The van der Waals surface area contributed by atoms with Crippen molar-refractivity contribution in [3.8, 4) is 5.75 Å². The average molecular weight is 464 g/mol. The third-order valence-electron chi connectivity index (χ3n) is 6.40. The molecule has 4 rings (SSSR count). The van der Waals surface area contributed by atoms with Crippen molar-refractivity contribution in [2.75, 3.05) is 31.6 Å². The third kappa shape index (κ3) is 5.09. The number of carbonyl (C=O) groups is 1. The van der Waals surface area contributed by atoms with Gasteiger partial charge in [-0.2, -0.15) is 5.10 Å². The van der Waals surface area contributed by atoms with Crippen LogP contribution >= 0.6 is 0 Å². The number of rotatable bonds is 9. The van der Waals surface area contributed by atoms with Crippen molar-refractivity contribution < 1.29 is 9.53 Å². The van der Waals surface area contributed by atoms with Gasteiger partial charge >= 0.3 is 0 Å². The molecule has 3 aromatic rings. The Labute approximate surface area is 202 Å². The van der Waals surface area contributed by atoms with Crippen molar-refractivity contribution in [1.82, 2.24) is 19.7 Å². The van der Waals surface area contributed by atoms with Gasteiger partial charge in [-0.15, -0.1) is 0 Å². The van der Waals surface area contributed by atoms with Gasteiger partial charge < -0.3 is 15.0 Å². The van der Waals surface area contributed by atoms with Crippen LogP contribution in [0.3, 0.4) is 0 Å². The third-order valence-corrected chi connectivity index (χ3v) is 6.40. The van der Waals surface area contributed by atoms with Gasteiger partial charge in [-0.05, 0) is 71.8 Å². The minimum Gasteiger partial charge on any atom is -0.490 e. The lowest BCUT2D eigenvalue weighted by molar-refractivity contribution is 0.102. The number of nitrogens with one attached hydrogen (secondary N) is 1. The minimum atomic E-state index is -0.235. The Balaban J connectivity index is 1.65. The normalized spacial score (nSPS) is 14.1. The van der Waals surface area contributed by atoms with Crippen molar-refractivity contribution in [3.63, 3.8) is 0 Å². The van der Waals surface area contributed by atoms with Gasteiger partial charge in [0.15, 0.2) is 5.65 Å². The molecule has 1 aliphatic rings. The molecule has 1 saturated carbocycles. The number of pyridine rings is 1. The van der Waals surface area contributed by atoms with Crippen molar-refractivity contribution in [2.45, 2.75) is 65.8 Å². The molecule has 2 heterocycles. The SMILES string of the molecule is CCN(CC)CCOc1ccccc1NC(=O)c1cc(C2CC2)nc2c1c(C)nn2C(C)(C)C. The summed E-state index contributed by atoms with van der Waals surface area (Å²) in [5.41, 5.74) is 3.63. The van der Waals surface area contributed by atoms with Crippen molar-refractivity contribution in [2.24, 2.45) is 0 Å². The zero-order valence-corrected chi connectivity index (χ0v) is 21.3. The number of hydrogen-bond acceptors (Lipinski definition) is 5. The lowest BCUT2D eigenvalue weighted by Crippen LogP contribution is -2.28. The average Bonchev–Trinajstić information content (AvgIpc) is 3.60. The van der Waals surface area contributed by atoms with E-state index in [2.05, 4.69) is 44.8 Å². The second-order valence-corrected chi connectivity index (χ2v) is 10.1. The molecule has 1 aromatic carbocycles. The predicted octanol–water partition coefficient (Wildman–Crippen LogP) is 5.35. The number of fused-ring (bicyclic) bond motifs is 1. The van der Waals surface area contributed by atoms with Crippen LogP contribution in [0, 0.1) is 6.92 Å². The van der Waals surface area contributed by atoms with E-state index in [0.29, 0.717) is 29.5 Å². The molecular formula is C27H37N5O2. The van der Waals surface area contributed by atoms with Gasteiger partial charge in [0.25, 0.3) is 5.91 Å². The fraction of sp³-hybridized carbons (Fsp3) is 0.519. The van der Waals surface area contributed by atoms with Crippen LogP contribution in [0.5, 0.6) is 5.75 Å². The quantitative estimate of drug-likeness (QED) is 0.463. The van der Waals surface area contributed by atoms with Crippen LogP contribution in [0.25, 0.3) is 11.0 Å². The van der Waals surface area contributed by atoms with Gasteiger partial charge in [0, 0.05) is 18.2 Å². The van der Waals surface area contributed by atoms with Crippen LogP contribution in [0.2, 0.25) is 0 Å². The first-order valence-electron chi connectivity index (χ1n) is 12.4. The lowest BCUT2D eigenvalue weighted by Gasteiger charge is -2.20. The maximum absolute atomic E-state index is 13.6. The Kier molecular flexibility index (Phi) is 6.94. The summed E-state index contributed by atoms with van der Waals surface area (Å²) in [5, 5.41) is 8.69. The second kappa shape index (κ2) is 9.74. The van der Waals surface area contributed by atoms with E-state index in [0.717, 1.165) is 54.9 Å². The number of benzene rings is 1. The second-order valence-electron chi connectivity index (χ2n) is 10.1. The van der Waals surface area contributed by atoms with E-state index < -0.39 is 0 Å². The number of aromatic nitrogens is 3. The standard InChI is InChI=1S/C27H37N5O2/c1-7-31(8-2)15-16-34-23-12-10-9-11-21(23)29-26(33)20-17-22(19-13-14-19)28-25-24(20)18(3)30-32(25)27(4,5)6/h9-12,17,19H,7-8,13-16H2,1-6H3,(H,29,33). The highest BCUT2D eigenvalue weighted by molar-refractivity contribution is 6.13. The van der Waals surface area contributed by atoms with Crippen molar-refractivity contribution in [1.29, 1.82) is 0 Å². The Hall–Kier alpha value is -2.93. The van der Waals surface area contributed by atoms with Crippen LogP contribution in [-0.4, -0.2) is 51.8 Å². The van der Waals surface area contributed by atoms with Gasteiger partial charge in [-0.1, -0.05) is 26.0 Å². The summed E-state index contributed by atoms with van der Waals surface area (Å²) in [4.78, 5) is 20.9. The number of carbonyl (C=O) groups excluding carboxylic acids is 1. The fourth-order valence-corrected chi connectivity index (χ4v) is 4.25. The first-order valence-corrected chi connectivity index (χ1v) is 12.4. The van der Waals surface area contributed by atoms with Gasteiger partial charge in [0.2, 0.25) is 0 Å². The molecule has 1 aliphatic carbocycles. The molecule has 7 heteroatoms. The number of para-hydroxylation sites is 2. The highest BCUT2D eigenvalue weighted by Crippen LogP contribution is 2.41. The molecule has 0 radical (unpaired) electrons. The molecule has 0 bridgehead atoms. The van der Waals surface area contributed by atoms with Crippen LogP contribution in [0.1, 0.15) is 75.1 Å². The van der Waals surface area contributed by atoms with E-state index >= 15 is 0 Å². The van der Waals surface area contributed by atoms with Crippen molar-refractivity contribution in [3.05, 3.63) is 47.3 Å². The topological polar surface area (TPSA) is 72.3 Å². The summed E-state index contributed by atoms with van der Waals surface area (Å²) < 4.78 is 8.00. The van der Waals surface area contributed by atoms with Gasteiger partial charge in [-0.25, -0.2) is 9.67 Å². The van der Waals surface area contributed by atoms with Gasteiger partial charge in [0.05, 0.1) is 27.9 Å². The largest absolute Gasteiger partial charge is 0.490 e. The van der Waals surface area contributed by atoms with Crippen LogP contribution in [0.4, 0.5) is 5.69 Å². The Morgan fingerprint density at radius 1 is 1.21 bits per heavy atom. The van der Waals surface area contributed by atoms with E-state index in [1.165, 1.54) is 0 Å². The molecule has 0 atom stereocenters. The first kappa shape index (κ1) is 24.2. The van der Waals surface area contributed by atoms with Gasteiger partial charge in [-0.3, -0.25) is 4.79 Å². The van der Waals surface area contributed by atoms with Gasteiger partial charge in [0.1, 0.15) is 12.4 Å². The number of likely N-dealkylation sites (N-methyl/N-ethyl adjacent to an activating group) is 1. The lowest BCUT2D eigenvalue weighted by atomic mass is 10.1.